The van der Waals surface area contributed by atoms with Crippen molar-refractivity contribution in [1.29, 1.82) is 0 Å². The van der Waals surface area contributed by atoms with E-state index in [1.165, 1.54) is 0 Å². The molecule has 5 nitrogen and oxygen atoms in total. The third-order valence-electron chi connectivity index (χ3n) is 3.63. The largest absolute Gasteiger partial charge is 0.409 e. The third kappa shape index (κ3) is 2.43. The van der Waals surface area contributed by atoms with E-state index in [0.717, 1.165) is 0 Å². The highest BCUT2D eigenvalue weighted by Crippen LogP contribution is 2.47. The molecule has 0 aromatic heterocycles. The minimum atomic E-state index is -0.989. The van der Waals surface area contributed by atoms with Gasteiger partial charge in [-0.05, 0) is 30.9 Å². The monoisotopic (exact) mass is 315 g/mol. The van der Waals surface area contributed by atoms with Gasteiger partial charge in [-0.2, -0.15) is 0 Å². The summed E-state index contributed by atoms with van der Waals surface area (Å²) in [6.45, 7) is 2.00. The molecule has 0 radical (unpaired) electrons. The Morgan fingerprint density at radius 1 is 1.45 bits per heavy atom. The number of hydrogen-bond acceptors (Lipinski definition) is 3. The van der Waals surface area contributed by atoms with E-state index in [1.54, 1.807) is 18.2 Å². The fourth-order valence-electron chi connectivity index (χ4n) is 2.59. The van der Waals surface area contributed by atoms with E-state index >= 15 is 0 Å². The lowest BCUT2D eigenvalue weighted by Crippen LogP contribution is -2.54. The molecule has 1 aliphatic carbocycles. The first-order valence-electron chi connectivity index (χ1n) is 6.14. The van der Waals surface area contributed by atoms with Gasteiger partial charge in [0.1, 0.15) is 5.41 Å². The predicted molar refractivity (Wildman–Crippen MR) is 79.3 cm³/mol. The molecular formula is C13H15Cl2N3O2. The van der Waals surface area contributed by atoms with Gasteiger partial charge in [0.15, 0.2) is 5.84 Å². The fraction of sp³-hybridized carbons (Fsp3) is 0.385. The highest BCUT2D eigenvalue weighted by molar-refractivity contribution is 6.40. The standard InChI is InChI=1S/C13H15Cl2N3O2/c1-7-5-13(6-7,11(16)18-20)12(19)17-10-8(14)3-2-4-9(10)15/h2-4,7,20H,5-6H2,1H3,(H2,16,18)(H,17,19). The van der Waals surface area contributed by atoms with E-state index in [4.69, 9.17) is 34.1 Å². The number of amidine groups is 1. The van der Waals surface area contributed by atoms with Crippen LogP contribution in [0, 0.1) is 11.3 Å². The Hall–Kier alpha value is -1.46. The molecule has 0 saturated heterocycles. The number of hydrogen-bond donors (Lipinski definition) is 3. The zero-order valence-corrected chi connectivity index (χ0v) is 12.4. The Kier molecular flexibility index (Phi) is 4.11. The molecule has 1 saturated carbocycles. The van der Waals surface area contributed by atoms with Gasteiger partial charge in [0.05, 0.1) is 15.7 Å². The topological polar surface area (TPSA) is 87.7 Å². The number of nitrogens with two attached hydrogens (primary N) is 1. The van der Waals surface area contributed by atoms with E-state index in [0.29, 0.717) is 34.5 Å². The Morgan fingerprint density at radius 2 is 2.00 bits per heavy atom. The summed E-state index contributed by atoms with van der Waals surface area (Å²) in [4.78, 5) is 12.5. The highest BCUT2D eigenvalue weighted by atomic mass is 35.5. The summed E-state index contributed by atoms with van der Waals surface area (Å²) in [7, 11) is 0. The maximum atomic E-state index is 12.5. The summed E-state index contributed by atoms with van der Waals surface area (Å²) in [5.74, 6) is -0.111. The van der Waals surface area contributed by atoms with Crippen LogP contribution in [-0.2, 0) is 4.79 Å². The Labute approximate surface area is 126 Å². The lowest BCUT2D eigenvalue weighted by atomic mass is 9.61. The number of carbonyl (C=O) groups excluding carboxylic acids is 1. The number of rotatable bonds is 3. The molecule has 1 fully saturated rings. The van der Waals surface area contributed by atoms with Crippen molar-refractivity contribution in [2.45, 2.75) is 19.8 Å². The number of benzene rings is 1. The van der Waals surface area contributed by atoms with Crippen LogP contribution in [0.5, 0.6) is 0 Å². The summed E-state index contributed by atoms with van der Waals surface area (Å²) in [5.41, 5.74) is 5.03. The van der Waals surface area contributed by atoms with Gasteiger partial charge in [0.25, 0.3) is 0 Å². The lowest BCUT2D eigenvalue weighted by molar-refractivity contribution is -0.127. The van der Waals surface area contributed by atoms with Crippen molar-refractivity contribution in [3.05, 3.63) is 28.2 Å². The maximum absolute atomic E-state index is 12.5. The first-order valence-corrected chi connectivity index (χ1v) is 6.90. The molecule has 0 bridgehead atoms. The van der Waals surface area contributed by atoms with Crippen LogP contribution in [0.3, 0.4) is 0 Å². The molecule has 20 heavy (non-hydrogen) atoms. The minimum absolute atomic E-state index is 0.0868. The van der Waals surface area contributed by atoms with Crippen molar-refractivity contribution in [3.8, 4) is 0 Å². The van der Waals surface area contributed by atoms with Crippen molar-refractivity contribution in [2.24, 2.45) is 22.2 Å². The Morgan fingerprint density at radius 3 is 2.45 bits per heavy atom. The SMILES string of the molecule is CC1CC(C(=O)Nc2c(Cl)cccc2Cl)(/C(N)=N/O)C1. The number of anilines is 1. The van der Waals surface area contributed by atoms with E-state index in [2.05, 4.69) is 10.5 Å². The number of carbonyl (C=O) groups is 1. The molecule has 108 valence electrons. The molecule has 0 atom stereocenters. The second-order valence-electron chi connectivity index (χ2n) is 5.13. The molecule has 2 rings (SSSR count). The summed E-state index contributed by atoms with van der Waals surface area (Å²) in [6.07, 6.45) is 1.05. The van der Waals surface area contributed by atoms with Crippen LogP contribution in [0.4, 0.5) is 5.69 Å². The van der Waals surface area contributed by atoms with Gasteiger partial charge >= 0.3 is 0 Å². The number of amides is 1. The number of oxime groups is 1. The number of nitrogens with zero attached hydrogens (tertiary/aromatic N) is 1. The molecule has 1 aliphatic rings. The second-order valence-corrected chi connectivity index (χ2v) is 5.95. The van der Waals surface area contributed by atoms with Gasteiger partial charge in [0, 0.05) is 0 Å². The van der Waals surface area contributed by atoms with Crippen molar-refractivity contribution < 1.29 is 10.0 Å². The highest BCUT2D eigenvalue weighted by Gasteiger charge is 2.52. The third-order valence-corrected chi connectivity index (χ3v) is 4.26. The van der Waals surface area contributed by atoms with E-state index in [-0.39, 0.29) is 11.7 Å². The van der Waals surface area contributed by atoms with Crippen molar-refractivity contribution >= 4 is 40.6 Å². The second kappa shape index (κ2) is 5.50. The zero-order chi connectivity index (χ0) is 14.9. The number of nitrogens with one attached hydrogen (secondary N) is 1. The van der Waals surface area contributed by atoms with Crippen LogP contribution in [0.2, 0.25) is 10.0 Å². The van der Waals surface area contributed by atoms with Crippen molar-refractivity contribution in [1.82, 2.24) is 0 Å². The molecule has 4 N–H and O–H groups in total. The molecule has 0 unspecified atom stereocenters. The quantitative estimate of drug-likeness (QED) is 0.346. The van der Waals surface area contributed by atoms with Crippen LogP contribution in [0.25, 0.3) is 0 Å². The molecule has 0 heterocycles. The number of halogens is 2. The van der Waals surface area contributed by atoms with E-state index in [1.807, 2.05) is 6.92 Å². The van der Waals surface area contributed by atoms with Gasteiger partial charge in [-0.15, -0.1) is 0 Å². The summed E-state index contributed by atoms with van der Waals surface area (Å²) < 4.78 is 0. The Bertz CT molecular complexity index is 548. The molecule has 0 aliphatic heterocycles. The summed E-state index contributed by atoms with van der Waals surface area (Å²) >= 11 is 12.0. The first-order chi connectivity index (χ1) is 9.40. The molecule has 1 aromatic carbocycles. The van der Waals surface area contributed by atoms with Gasteiger partial charge in [-0.25, -0.2) is 0 Å². The first kappa shape index (κ1) is 14.9. The lowest BCUT2D eigenvalue weighted by Gasteiger charge is -2.43. The smallest absolute Gasteiger partial charge is 0.238 e. The average Bonchev–Trinajstić information content (AvgIpc) is 2.38. The van der Waals surface area contributed by atoms with E-state index in [9.17, 15) is 4.79 Å². The van der Waals surface area contributed by atoms with Gasteiger partial charge in [-0.3, -0.25) is 4.79 Å². The molecule has 7 heteroatoms. The van der Waals surface area contributed by atoms with E-state index < -0.39 is 5.41 Å². The summed E-state index contributed by atoms with van der Waals surface area (Å²) in [6, 6.07) is 4.94. The zero-order valence-electron chi connectivity index (χ0n) is 10.9. The van der Waals surface area contributed by atoms with Crippen molar-refractivity contribution in [2.75, 3.05) is 5.32 Å². The summed E-state index contributed by atoms with van der Waals surface area (Å²) in [5, 5.41) is 15.2. The molecular weight excluding hydrogens is 301 g/mol. The number of para-hydroxylation sites is 1. The van der Waals surface area contributed by atoms with Crippen LogP contribution in [0.1, 0.15) is 19.8 Å². The maximum Gasteiger partial charge on any atom is 0.238 e. The van der Waals surface area contributed by atoms with Crippen LogP contribution >= 0.6 is 23.2 Å². The predicted octanol–water partition coefficient (Wildman–Crippen LogP) is 3.09. The van der Waals surface area contributed by atoms with Crippen molar-refractivity contribution in [3.63, 3.8) is 0 Å². The average molecular weight is 316 g/mol. The van der Waals surface area contributed by atoms with Gasteiger partial charge in [0.2, 0.25) is 5.91 Å². The van der Waals surface area contributed by atoms with Gasteiger partial charge < -0.3 is 16.3 Å². The molecule has 1 amide bonds. The van der Waals surface area contributed by atoms with Crippen LogP contribution in [0.15, 0.2) is 23.4 Å². The van der Waals surface area contributed by atoms with Gasteiger partial charge in [-0.1, -0.05) is 41.3 Å². The molecule has 0 spiro atoms. The normalized spacial score (nSPS) is 25.9. The molecule has 1 aromatic rings. The van der Waals surface area contributed by atoms with Crippen LogP contribution < -0.4 is 11.1 Å². The van der Waals surface area contributed by atoms with Crippen LogP contribution in [-0.4, -0.2) is 17.0 Å². The minimum Gasteiger partial charge on any atom is -0.409 e. The fourth-order valence-corrected chi connectivity index (χ4v) is 3.08. The Balaban J connectivity index is 2.27.